The maximum atomic E-state index is 15.5. The number of hydrogen-bond donors (Lipinski definition) is 5. The van der Waals surface area contributed by atoms with Crippen LogP contribution in [0, 0.1) is 49.2 Å². The molecule has 13 nitrogen and oxygen atoms in total. The van der Waals surface area contributed by atoms with Crippen molar-refractivity contribution in [3.63, 3.8) is 0 Å². The number of ketones is 1. The molecule has 3 heterocycles. The lowest BCUT2D eigenvalue weighted by Crippen LogP contribution is -2.44. The Bertz CT molecular complexity index is 2420. The zero-order chi connectivity index (χ0) is 42.0. The number of rotatable bonds is 1. The van der Waals surface area contributed by atoms with Crippen molar-refractivity contribution in [1.29, 1.82) is 0 Å². The monoisotopic (exact) mass is 792 g/mol. The van der Waals surface area contributed by atoms with Crippen molar-refractivity contribution < 1.29 is 57.4 Å². The molecule has 0 saturated heterocycles. The van der Waals surface area contributed by atoms with Gasteiger partial charge in [0.05, 0.1) is 41.6 Å². The van der Waals surface area contributed by atoms with E-state index in [1.54, 1.807) is 33.8 Å². The molecule has 0 aromatic heterocycles. The van der Waals surface area contributed by atoms with Gasteiger partial charge in [0.15, 0.2) is 17.2 Å². The number of carbonyl (C=O) groups excluding carboxylic acids is 2. The highest BCUT2D eigenvalue weighted by atomic mass is 19.1. The van der Waals surface area contributed by atoms with Gasteiger partial charge in [-0.2, -0.15) is 0 Å². The number of benzene rings is 3. The number of hydrogen-bond acceptors (Lipinski definition) is 12. The number of aliphatic hydroxyl groups is 3. The highest BCUT2D eigenvalue weighted by molar-refractivity contribution is 6.22. The minimum atomic E-state index is -2.11. The Hall–Kier alpha value is -5.22. The van der Waals surface area contributed by atoms with E-state index >= 15 is 4.39 Å². The maximum absolute atomic E-state index is 15.5. The number of fused-ring (bicyclic) bond motifs is 2. The van der Waals surface area contributed by atoms with Gasteiger partial charge in [-0.25, -0.2) is 13.8 Å². The van der Waals surface area contributed by atoms with Gasteiger partial charge < -0.3 is 44.4 Å². The number of allylic oxidation sites excluding steroid dienone is 2. The molecule has 2 aromatic rings. The number of ether oxygens (including phenoxy) is 3. The number of aliphatic hydroxyl groups excluding tert-OH is 3. The highest BCUT2D eigenvalue weighted by Gasteiger charge is 2.50. The Labute approximate surface area is 326 Å². The van der Waals surface area contributed by atoms with Crippen molar-refractivity contribution in [2.24, 2.45) is 23.7 Å². The van der Waals surface area contributed by atoms with Crippen LogP contribution in [0.2, 0.25) is 0 Å². The molecule has 0 spiro atoms. The predicted molar refractivity (Wildman–Crippen MR) is 206 cm³/mol. The summed E-state index contributed by atoms with van der Waals surface area (Å²) in [4.78, 5) is 47.0. The highest BCUT2D eigenvalue weighted by Crippen LogP contribution is 2.50. The number of Topliss-reactive ketones (excluding diaryl/α,β-unsaturated/α-hetero) is 1. The third-order valence-corrected chi connectivity index (χ3v) is 11.5. The second-order valence-corrected chi connectivity index (χ2v) is 15.3. The first-order chi connectivity index (χ1) is 26.7. The molecule has 2 aromatic carbocycles. The smallest absolute Gasteiger partial charge is 0.312 e. The van der Waals surface area contributed by atoms with E-state index in [4.69, 9.17) is 18.6 Å². The van der Waals surface area contributed by atoms with Crippen LogP contribution in [0.15, 0.2) is 51.4 Å². The van der Waals surface area contributed by atoms with Crippen LogP contribution in [0.3, 0.4) is 0 Å². The zero-order valence-electron chi connectivity index (χ0n) is 32.9. The lowest BCUT2D eigenvalue weighted by molar-refractivity contribution is -0.112. The van der Waals surface area contributed by atoms with Crippen molar-refractivity contribution in [1.82, 2.24) is 4.98 Å². The van der Waals surface area contributed by atoms with Crippen LogP contribution in [0.5, 0.6) is 11.5 Å². The summed E-state index contributed by atoms with van der Waals surface area (Å²) in [6.45, 7) is 12.0. The van der Waals surface area contributed by atoms with E-state index in [-0.39, 0.29) is 39.0 Å². The molecule has 304 valence electrons. The largest absolute Gasteiger partial charge is 0.507 e. The molecule has 0 unspecified atom stereocenters. The van der Waals surface area contributed by atoms with E-state index in [1.807, 2.05) is 0 Å². The molecule has 1 amide bonds. The summed E-state index contributed by atoms with van der Waals surface area (Å²) >= 11 is 0. The van der Waals surface area contributed by atoms with Crippen LogP contribution in [0.25, 0.3) is 33.3 Å². The van der Waals surface area contributed by atoms with Crippen molar-refractivity contribution in [2.75, 3.05) is 12.4 Å². The summed E-state index contributed by atoms with van der Waals surface area (Å²) in [7, 11) is 1.40. The Balaban J connectivity index is 1.62. The quantitative estimate of drug-likeness (QED) is 0.112. The van der Waals surface area contributed by atoms with Gasteiger partial charge in [0.25, 0.3) is 11.7 Å². The van der Waals surface area contributed by atoms with E-state index < -0.39 is 116 Å². The standard InChI is InChI=1S/C42H46F2N2O11/c1-16-11-10-12-17(2)41(53)46-31-36(51)27-26(30-39(31)56-38-24(45-30)15-23(43)18(3)29(38)44)28-37(22(7)35(27)50)57-42(8,40(28)52)55-14-13-25(54-9)19(4)33(48)21(6)34(49)20(5)32(16)47/h10-16,19-21,25,32-34,47-50H,1-9H3,(H,46,53)/b11-10+,14-13+,17-12-/t16-,19+,20+,21-,25-,32-,33+,34+,42-/m0/s1. The molecule has 0 fully saturated rings. The van der Waals surface area contributed by atoms with E-state index in [0.29, 0.717) is 0 Å². The first-order valence-corrected chi connectivity index (χ1v) is 18.5. The summed E-state index contributed by atoms with van der Waals surface area (Å²) in [5.74, 6) is -9.67. The lowest BCUT2D eigenvalue weighted by Gasteiger charge is -2.36. The molecule has 3 aliphatic heterocycles. The predicted octanol–water partition coefficient (Wildman–Crippen LogP) is 5.96. The number of nitrogens with zero attached hydrogens (tertiary/aromatic N) is 1. The van der Waals surface area contributed by atoms with E-state index in [9.17, 15) is 39.2 Å². The Morgan fingerprint density at radius 2 is 1.56 bits per heavy atom. The number of aromatic nitrogens is 1. The van der Waals surface area contributed by atoms with Gasteiger partial charge >= 0.3 is 5.79 Å². The Morgan fingerprint density at radius 1 is 0.912 bits per heavy atom. The molecular formula is C42H46F2N2O11. The number of methoxy groups -OCH3 is 1. The maximum Gasteiger partial charge on any atom is 0.312 e. The number of anilines is 1. The van der Waals surface area contributed by atoms with Gasteiger partial charge in [-0.3, -0.25) is 14.4 Å². The summed E-state index contributed by atoms with van der Waals surface area (Å²) in [6.07, 6.45) is 2.98. The molecule has 4 bridgehead atoms. The topological polar surface area (TPSA) is 198 Å². The average Bonchev–Trinajstić information content (AvgIpc) is 3.45. The molecule has 4 aliphatic rings. The minimum Gasteiger partial charge on any atom is -0.507 e. The van der Waals surface area contributed by atoms with Crippen molar-refractivity contribution in [3.05, 3.63) is 80.8 Å². The fourth-order valence-corrected chi connectivity index (χ4v) is 7.58. The van der Waals surface area contributed by atoms with E-state index in [0.717, 1.165) is 12.3 Å². The van der Waals surface area contributed by atoms with Gasteiger partial charge in [-0.1, -0.05) is 45.9 Å². The van der Waals surface area contributed by atoms with Crippen molar-refractivity contribution in [3.8, 4) is 23.0 Å². The molecule has 15 heteroatoms. The number of nitrogens with one attached hydrogen (secondary N) is 1. The second-order valence-electron chi connectivity index (χ2n) is 15.3. The van der Waals surface area contributed by atoms with Crippen LogP contribution >= 0.6 is 0 Å². The third-order valence-electron chi connectivity index (χ3n) is 11.5. The number of aromatic hydroxyl groups is 1. The molecule has 0 saturated carbocycles. The normalized spacial score (nSPS) is 30.9. The Kier molecular flexibility index (Phi) is 11.1. The molecule has 9 atom stereocenters. The molecular weight excluding hydrogens is 746 g/mol. The molecule has 57 heavy (non-hydrogen) atoms. The molecule has 1 aliphatic carbocycles. The summed E-state index contributed by atoms with van der Waals surface area (Å²) in [5, 5.41) is 47.1. The summed E-state index contributed by atoms with van der Waals surface area (Å²) < 4.78 is 54.0. The first-order valence-electron chi connectivity index (χ1n) is 18.5. The van der Waals surface area contributed by atoms with Gasteiger partial charge in [0.1, 0.15) is 34.2 Å². The van der Waals surface area contributed by atoms with Crippen molar-refractivity contribution >= 4 is 39.2 Å². The van der Waals surface area contributed by atoms with Crippen LogP contribution < -0.4 is 15.5 Å². The molecule has 0 radical (unpaired) electrons. The van der Waals surface area contributed by atoms with Gasteiger partial charge in [0, 0.05) is 65.9 Å². The number of halogens is 2. The molecule has 5 N–H and O–H groups in total. The second kappa shape index (κ2) is 15.3. The van der Waals surface area contributed by atoms with Crippen LogP contribution in [0.1, 0.15) is 63.0 Å². The van der Waals surface area contributed by atoms with Crippen LogP contribution in [-0.2, 0) is 14.3 Å². The van der Waals surface area contributed by atoms with Gasteiger partial charge in [-0.15, -0.1) is 0 Å². The van der Waals surface area contributed by atoms with Crippen LogP contribution in [-0.4, -0.2) is 74.4 Å². The van der Waals surface area contributed by atoms with Gasteiger partial charge in [-0.05, 0) is 26.8 Å². The fourth-order valence-electron chi connectivity index (χ4n) is 7.58. The van der Waals surface area contributed by atoms with Crippen LogP contribution in [0.4, 0.5) is 14.5 Å². The number of phenols is 1. The van der Waals surface area contributed by atoms with E-state index in [1.165, 1.54) is 53.0 Å². The SMILES string of the molecule is CO[C@H]1/C=C/O[C@@]2(C)Oc3c(C)c(O)c4c(=O)c(c5oc6c(F)c(C)c(F)cc6nc-5c4c3C2=O)NC(=O)/C(C)=C\C=C\[C@H](C)[C@H](O)[C@@H](C)[C@@H](O)[C@@H](C)[C@H](O)[C@@H]1C. The van der Waals surface area contributed by atoms with Gasteiger partial charge in [0.2, 0.25) is 5.43 Å². The third kappa shape index (κ3) is 6.85. The first kappa shape index (κ1) is 41.4. The average molecular weight is 793 g/mol. The number of amides is 1. The van der Waals surface area contributed by atoms with Crippen molar-refractivity contribution in [2.45, 2.75) is 85.6 Å². The molecule has 6 rings (SSSR count). The fraction of sp³-hybridized carbons (Fsp3) is 0.429. The minimum absolute atomic E-state index is 0.0300. The van der Waals surface area contributed by atoms with E-state index in [2.05, 4.69) is 10.3 Å². The summed E-state index contributed by atoms with van der Waals surface area (Å²) in [6, 6.07) is 0.916. The summed E-state index contributed by atoms with van der Waals surface area (Å²) in [5.41, 5.74) is -3.33. The number of carbonyl (C=O) groups is 2. The lowest BCUT2D eigenvalue weighted by atomic mass is 9.78. The number of phenolic OH excluding ortho intramolecular Hbond substituents is 1. The Morgan fingerprint density at radius 3 is 2.23 bits per heavy atom. The zero-order valence-corrected chi connectivity index (χ0v) is 32.9.